The molecule has 2 fully saturated rings. The summed E-state index contributed by atoms with van der Waals surface area (Å²) in [5.41, 5.74) is 1.64. The maximum absolute atomic E-state index is 15.2. The van der Waals surface area contributed by atoms with Crippen molar-refractivity contribution in [3.05, 3.63) is 59.9 Å². The van der Waals surface area contributed by atoms with Crippen molar-refractivity contribution < 1.29 is 28.2 Å². The summed E-state index contributed by atoms with van der Waals surface area (Å²) in [6.07, 6.45) is -1.75. The molecule has 0 aliphatic carbocycles. The van der Waals surface area contributed by atoms with Crippen molar-refractivity contribution in [1.82, 2.24) is 10.6 Å². The van der Waals surface area contributed by atoms with E-state index in [4.69, 9.17) is 9.47 Å². The van der Waals surface area contributed by atoms with Gasteiger partial charge in [0.05, 0.1) is 24.5 Å². The molecular formula is C27H33FN4O5. The molecule has 10 heteroatoms. The Balaban J connectivity index is 1.35. The van der Waals surface area contributed by atoms with Crippen LogP contribution in [0.2, 0.25) is 0 Å². The Kier molecular flexibility index (Phi) is 8.27. The minimum Gasteiger partial charge on any atom is -0.442 e. The van der Waals surface area contributed by atoms with Gasteiger partial charge in [-0.2, -0.15) is 0 Å². The Morgan fingerprint density at radius 3 is 2.54 bits per heavy atom. The molecule has 2 heterocycles. The summed E-state index contributed by atoms with van der Waals surface area (Å²) in [5.74, 6) is -0.475. The van der Waals surface area contributed by atoms with Gasteiger partial charge in [0.25, 0.3) is 5.91 Å². The topological polar surface area (TPSA) is 100 Å². The van der Waals surface area contributed by atoms with Gasteiger partial charge in [0.15, 0.2) is 6.10 Å². The highest BCUT2D eigenvalue weighted by atomic mass is 19.1. The van der Waals surface area contributed by atoms with E-state index in [0.717, 1.165) is 5.56 Å². The van der Waals surface area contributed by atoms with Gasteiger partial charge in [0.2, 0.25) is 5.91 Å². The molecule has 0 radical (unpaired) electrons. The Bertz CT molecular complexity index is 1130. The van der Waals surface area contributed by atoms with E-state index in [1.165, 1.54) is 25.0 Å². The van der Waals surface area contributed by atoms with Crippen LogP contribution in [-0.4, -0.2) is 63.8 Å². The highest BCUT2D eigenvalue weighted by Gasteiger charge is 2.35. The summed E-state index contributed by atoms with van der Waals surface area (Å²) < 4.78 is 25.9. The van der Waals surface area contributed by atoms with E-state index in [0.29, 0.717) is 31.0 Å². The van der Waals surface area contributed by atoms with Crippen LogP contribution < -0.4 is 20.4 Å². The standard InChI is InChI=1S/C27H33FN4O5/c1-17-14-31(15-20(17)12-30-26(34)25(36-3)19-7-5-4-6-8-19)24-10-9-21(11-23(24)28)32-16-22(37-27(32)35)13-29-18(2)33/h4-11,17,20,22,25H,12-16H2,1-3H3,(H,29,33)(H,30,34)/t17-,20-,22?,25-/m0/s1. The molecule has 4 atom stereocenters. The molecule has 198 valence electrons. The summed E-state index contributed by atoms with van der Waals surface area (Å²) in [4.78, 5) is 39.5. The number of anilines is 2. The number of hydrogen-bond acceptors (Lipinski definition) is 6. The van der Waals surface area contributed by atoms with Gasteiger partial charge in [-0.1, -0.05) is 37.3 Å². The molecule has 2 aromatic rings. The van der Waals surface area contributed by atoms with Crippen LogP contribution in [0.1, 0.15) is 25.5 Å². The van der Waals surface area contributed by atoms with E-state index in [9.17, 15) is 14.4 Å². The Morgan fingerprint density at radius 1 is 1.11 bits per heavy atom. The first-order valence-electron chi connectivity index (χ1n) is 12.4. The Hall–Kier alpha value is -3.66. The average molecular weight is 513 g/mol. The highest BCUT2D eigenvalue weighted by Crippen LogP contribution is 2.33. The van der Waals surface area contributed by atoms with Gasteiger partial charge >= 0.3 is 6.09 Å². The quantitative estimate of drug-likeness (QED) is 0.536. The molecule has 0 saturated carbocycles. The lowest BCUT2D eigenvalue weighted by Crippen LogP contribution is -2.36. The second-order valence-corrected chi connectivity index (χ2v) is 9.60. The molecule has 4 rings (SSSR count). The molecule has 2 saturated heterocycles. The van der Waals surface area contributed by atoms with Crippen molar-refractivity contribution in [2.45, 2.75) is 26.1 Å². The minimum atomic E-state index is -0.686. The summed E-state index contributed by atoms with van der Waals surface area (Å²) in [7, 11) is 1.51. The van der Waals surface area contributed by atoms with Gasteiger partial charge in [0.1, 0.15) is 11.9 Å². The van der Waals surface area contributed by atoms with Gasteiger partial charge < -0.3 is 25.0 Å². The first-order chi connectivity index (χ1) is 17.8. The number of halogens is 1. The third-order valence-corrected chi connectivity index (χ3v) is 6.92. The minimum absolute atomic E-state index is 0.138. The fourth-order valence-corrected chi connectivity index (χ4v) is 4.86. The first kappa shape index (κ1) is 26.4. The Labute approximate surface area is 215 Å². The van der Waals surface area contributed by atoms with Crippen molar-refractivity contribution in [3.8, 4) is 0 Å². The lowest BCUT2D eigenvalue weighted by molar-refractivity contribution is -0.131. The monoisotopic (exact) mass is 512 g/mol. The number of carbonyl (C=O) groups is 3. The molecule has 2 aliphatic rings. The molecule has 3 amide bonds. The highest BCUT2D eigenvalue weighted by molar-refractivity contribution is 5.90. The van der Waals surface area contributed by atoms with Crippen LogP contribution in [0.5, 0.6) is 0 Å². The molecule has 37 heavy (non-hydrogen) atoms. The van der Waals surface area contributed by atoms with Crippen LogP contribution in [-0.2, 0) is 19.1 Å². The summed E-state index contributed by atoms with van der Waals surface area (Å²) in [6, 6.07) is 14.0. The lowest BCUT2D eigenvalue weighted by Gasteiger charge is -2.22. The number of hydrogen-bond donors (Lipinski definition) is 2. The third-order valence-electron chi connectivity index (χ3n) is 6.92. The third kappa shape index (κ3) is 6.19. The lowest BCUT2D eigenvalue weighted by atomic mass is 9.98. The number of nitrogens with zero attached hydrogens (tertiary/aromatic N) is 2. The number of carbonyl (C=O) groups excluding carboxylic acids is 3. The maximum atomic E-state index is 15.2. The van der Waals surface area contributed by atoms with Gasteiger partial charge in [0, 0.05) is 33.7 Å². The van der Waals surface area contributed by atoms with E-state index < -0.39 is 24.1 Å². The van der Waals surface area contributed by atoms with Crippen molar-refractivity contribution in [1.29, 1.82) is 0 Å². The van der Waals surface area contributed by atoms with E-state index in [1.807, 2.05) is 35.2 Å². The average Bonchev–Trinajstić information content (AvgIpc) is 3.44. The summed E-state index contributed by atoms with van der Waals surface area (Å²) in [5, 5.41) is 5.62. The smallest absolute Gasteiger partial charge is 0.414 e. The summed E-state index contributed by atoms with van der Waals surface area (Å²) in [6.45, 7) is 5.60. The first-order valence-corrected chi connectivity index (χ1v) is 12.4. The fourth-order valence-electron chi connectivity index (χ4n) is 4.86. The number of amides is 3. The number of benzene rings is 2. The van der Waals surface area contributed by atoms with Crippen LogP contribution in [0.15, 0.2) is 48.5 Å². The van der Waals surface area contributed by atoms with Gasteiger partial charge in [-0.3, -0.25) is 14.5 Å². The molecule has 2 aromatic carbocycles. The molecular weight excluding hydrogens is 479 g/mol. The molecule has 2 N–H and O–H groups in total. The molecule has 9 nitrogen and oxygen atoms in total. The van der Waals surface area contributed by atoms with Gasteiger partial charge in [-0.25, -0.2) is 9.18 Å². The van der Waals surface area contributed by atoms with Crippen LogP contribution in [0.4, 0.5) is 20.6 Å². The van der Waals surface area contributed by atoms with E-state index >= 15 is 4.39 Å². The van der Waals surface area contributed by atoms with Crippen LogP contribution in [0.25, 0.3) is 0 Å². The maximum Gasteiger partial charge on any atom is 0.414 e. The number of nitrogens with one attached hydrogen (secondary N) is 2. The van der Waals surface area contributed by atoms with Gasteiger partial charge in [-0.15, -0.1) is 0 Å². The molecule has 1 unspecified atom stereocenters. The molecule has 2 aliphatic heterocycles. The Morgan fingerprint density at radius 2 is 1.86 bits per heavy atom. The molecule has 0 bridgehead atoms. The van der Waals surface area contributed by atoms with Crippen LogP contribution >= 0.6 is 0 Å². The number of methoxy groups -OCH3 is 1. The zero-order chi connectivity index (χ0) is 26.5. The number of cyclic esters (lactones) is 1. The predicted octanol–water partition coefficient (Wildman–Crippen LogP) is 2.86. The molecule has 0 aromatic heterocycles. The largest absolute Gasteiger partial charge is 0.442 e. The van der Waals surface area contributed by atoms with Crippen molar-refractivity contribution in [2.24, 2.45) is 11.8 Å². The van der Waals surface area contributed by atoms with Crippen molar-refractivity contribution >= 4 is 29.3 Å². The number of rotatable bonds is 9. The van der Waals surface area contributed by atoms with Gasteiger partial charge in [-0.05, 0) is 35.6 Å². The fraction of sp³-hybridized carbons (Fsp3) is 0.444. The van der Waals surface area contributed by atoms with E-state index in [2.05, 4.69) is 17.6 Å². The summed E-state index contributed by atoms with van der Waals surface area (Å²) >= 11 is 0. The van der Waals surface area contributed by atoms with Crippen molar-refractivity contribution in [3.63, 3.8) is 0 Å². The van der Waals surface area contributed by atoms with Crippen molar-refractivity contribution in [2.75, 3.05) is 49.6 Å². The zero-order valence-corrected chi connectivity index (χ0v) is 21.3. The second-order valence-electron chi connectivity index (χ2n) is 9.60. The SMILES string of the molecule is CO[C@H](C(=O)NC[C@H]1CN(c2ccc(N3CC(CNC(C)=O)OC3=O)cc2F)C[C@@H]1C)c1ccccc1. The normalized spacial score (nSPS) is 22.1. The number of ether oxygens (including phenoxy) is 2. The van der Waals surface area contributed by atoms with E-state index in [1.54, 1.807) is 12.1 Å². The second kappa shape index (κ2) is 11.6. The van der Waals surface area contributed by atoms with Crippen LogP contribution in [0, 0.1) is 17.7 Å². The van der Waals surface area contributed by atoms with E-state index in [-0.39, 0.29) is 36.7 Å². The zero-order valence-electron chi connectivity index (χ0n) is 21.3. The predicted molar refractivity (Wildman–Crippen MR) is 137 cm³/mol. The molecule has 0 spiro atoms. The van der Waals surface area contributed by atoms with Crippen LogP contribution in [0.3, 0.4) is 0 Å².